The summed E-state index contributed by atoms with van der Waals surface area (Å²) in [5.41, 5.74) is 0.0677. The fourth-order valence-electron chi connectivity index (χ4n) is 1.52. The van der Waals surface area contributed by atoms with E-state index in [0.29, 0.717) is 5.02 Å². The van der Waals surface area contributed by atoms with Crippen molar-refractivity contribution in [2.75, 3.05) is 6.54 Å². The molecule has 0 heterocycles. The first-order valence-corrected chi connectivity index (χ1v) is 5.73. The summed E-state index contributed by atoms with van der Waals surface area (Å²) in [5.74, 6) is -1.10. The van der Waals surface area contributed by atoms with Gasteiger partial charge in [-0.3, -0.25) is 4.79 Å². The van der Waals surface area contributed by atoms with Crippen molar-refractivity contribution in [3.05, 3.63) is 34.9 Å². The number of rotatable bonds is 4. The number of urea groups is 1. The van der Waals surface area contributed by atoms with Gasteiger partial charge in [0.25, 0.3) is 0 Å². The van der Waals surface area contributed by atoms with Crippen molar-refractivity contribution in [3.8, 4) is 0 Å². The van der Waals surface area contributed by atoms with Gasteiger partial charge in [-0.25, -0.2) is 4.79 Å². The van der Waals surface area contributed by atoms with Gasteiger partial charge in [0.05, 0.1) is 5.54 Å². The normalized spacial score (nSPS) is 10.8. The monoisotopic (exact) mass is 270 g/mol. The minimum absolute atomic E-state index is 0.426. The van der Waals surface area contributed by atoms with E-state index in [2.05, 4.69) is 10.6 Å². The van der Waals surface area contributed by atoms with Crippen LogP contribution in [0.2, 0.25) is 5.02 Å². The molecule has 0 aliphatic heterocycles. The van der Waals surface area contributed by atoms with Crippen LogP contribution in [0.1, 0.15) is 19.4 Å². The van der Waals surface area contributed by atoms with Crippen LogP contribution >= 0.6 is 11.6 Å². The van der Waals surface area contributed by atoms with Gasteiger partial charge >= 0.3 is 12.0 Å². The summed E-state index contributed by atoms with van der Waals surface area (Å²) in [4.78, 5) is 21.8. The summed E-state index contributed by atoms with van der Waals surface area (Å²) in [6.07, 6.45) is 0. The Hall–Kier alpha value is -1.75. The largest absolute Gasteiger partial charge is 0.480 e. The van der Waals surface area contributed by atoms with E-state index in [1.807, 2.05) is 6.07 Å². The molecule has 0 unspecified atom stereocenters. The molecule has 0 saturated heterocycles. The van der Waals surface area contributed by atoms with Gasteiger partial charge in [0.1, 0.15) is 6.54 Å². The Kier molecular flexibility index (Phi) is 4.55. The van der Waals surface area contributed by atoms with Crippen LogP contribution in [0.25, 0.3) is 0 Å². The molecule has 2 amide bonds. The molecule has 0 aromatic heterocycles. The molecule has 0 saturated carbocycles. The van der Waals surface area contributed by atoms with Crippen LogP contribution in [0.5, 0.6) is 0 Å². The van der Waals surface area contributed by atoms with Gasteiger partial charge in [0, 0.05) is 5.02 Å². The molecule has 18 heavy (non-hydrogen) atoms. The molecule has 5 nitrogen and oxygen atoms in total. The van der Waals surface area contributed by atoms with Crippen LogP contribution in [-0.2, 0) is 10.3 Å². The first-order chi connectivity index (χ1) is 8.33. The van der Waals surface area contributed by atoms with E-state index in [1.54, 1.807) is 32.0 Å². The summed E-state index contributed by atoms with van der Waals surface area (Å²) >= 11 is 6.05. The number of benzene rings is 1. The number of hydrogen-bond donors (Lipinski definition) is 3. The minimum atomic E-state index is -1.10. The molecular weight excluding hydrogens is 256 g/mol. The standard InChI is InChI=1S/C12H15ClN2O3/c1-12(2,8-5-3-4-6-9(8)13)15-11(18)14-7-10(16)17/h3-6H,7H2,1-2H3,(H,16,17)(H2,14,15,18). The topological polar surface area (TPSA) is 78.4 Å². The van der Waals surface area contributed by atoms with Crippen LogP contribution < -0.4 is 10.6 Å². The van der Waals surface area contributed by atoms with Crippen molar-refractivity contribution in [2.45, 2.75) is 19.4 Å². The maximum absolute atomic E-state index is 11.5. The first-order valence-electron chi connectivity index (χ1n) is 5.36. The van der Waals surface area contributed by atoms with Crippen molar-refractivity contribution < 1.29 is 14.7 Å². The maximum Gasteiger partial charge on any atom is 0.323 e. The number of amides is 2. The SMILES string of the molecule is CC(C)(NC(=O)NCC(=O)O)c1ccccc1Cl. The lowest BCUT2D eigenvalue weighted by Gasteiger charge is -2.27. The number of carboxylic acids is 1. The second kappa shape index (κ2) is 5.73. The minimum Gasteiger partial charge on any atom is -0.480 e. The molecule has 0 aliphatic rings. The van der Waals surface area contributed by atoms with E-state index in [4.69, 9.17) is 16.7 Å². The number of nitrogens with one attached hydrogen (secondary N) is 2. The van der Waals surface area contributed by atoms with E-state index >= 15 is 0 Å². The molecule has 0 radical (unpaired) electrons. The predicted molar refractivity (Wildman–Crippen MR) is 68.6 cm³/mol. The molecule has 98 valence electrons. The van der Waals surface area contributed by atoms with Crippen LogP contribution in [0.15, 0.2) is 24.3 Å². The highest BCUT2D eigenvalue weighted by molar-refractivity contribution is 6.31. The number of hydrogen-bond acceptors (Lipinski definition) is 2. The summed E-state index contributed by atoms with van der Waals surface area (Å²) in [7, 11) is 0. The highest BCUT2D eigenvalue weighted by Gasteiger charge is 2.25. The summed E-state index contributed by atoms with van der Waals surface area (Å²) in [6.45, 7) is 3.15. The number of carbonyl (C=O) groups excluding carboxylic acids is 1. The molecule has 0 spiro atoms. The van der Waals surface area contributed by atoms with Gasteiger partial charge in [-0.1, -0.05) is 29.8 Å². The van der Waals surface area contributed by atoms with Crippen molar-refractivity contribution in [2.24, 2.45) is 0 Å². The predicted octanol–water partition coefficient (Wildman–Crippen LogP) is 1.96. The Morgan fingerprint density at radius 2 is 1.94 bits per heavy atom. The van der Waals surface area contributed by atoms with Gasteiger partial charge in [0.2, 0.25) is 0 Å². The molecule has 1 aromatic carbocycles. The molecule has 3 N–H and O–H groups in total. The van der Waals surface area contributed by atoms with E-state index in [0.717, 1.165) is 5.56 Å². The third-order valence-electron chi connectivity index (χ3n) is 2.37. The molecule has 1 rings (SSSR count). The van der Waals surface area contributed by atoms with E-state index < -0.39 is 24.1 Å². The highest BCUT2D eigenvalue weighted by Crippen LogP contribution is 2.27. The number of aliphatic carboxylic acids is 1. The lowest BCUT2D eigenvalue weighted by Crippen LogP contribution is -2.47. The van der Waals surface area contributed by atoms with Crippen LogP contribution in [-0.4, -0.2) is 23.7 Å². The van der Waals surface area contributed by atoms with Gasteiger partial charge in [-0.15, -0.1) is 0 Å². The first kappa shape index (κ1) is 14.3. The van der Waals surface area contributed by atoms with Crippen molar-refractivity contribution in [3.63, 3.8) is 0 Å². The summed E-state index contributed by atoms with van der Waals surface area (Å²) in [6, 6.07) is 6.60. The van der Waals surface area contributed by atoms with Gasteiger partial charge in [-0.2, -0.15) is 0 Å². The Morgan fingerprint density at radius 1 is 1.33 bits per heavy atom. The summed E-state index contributed by atoms with van der Waals surface area (Å²) < 4.78 is 0. The Morgan fingerprint density at radius 3 is 2.50 bits per heavy atom. The average Bonchev–Trinajstić information content (AvgIpc) is 2.26. The van der Waals surface area contributed by atoms with E-state index in [9.17, 15) is 9.59 Å². The summed E-state index contributed by atoms with van der Waals surface area (Å²) in [5, 5.41) is 13.9. The molecule has 6 heteroatoms. The number of carboxylic acid groups (broad SMARTS) is 1. The zero-order valence-electron chi connectivity index (χ0n) is 10.2. The molecule has 0 aliphatic carbocycles. The maximum atomic E-state index is 11.5. The van der Waals surface area contributed by atoms with Gasteiger partial charge in [-0.05, 0) is 25.5 Å². The fourth-order valence-corrected chi connectivity index (χ4v) is 1.89. The molecule has 0 bridgehead atoms. The molecular formula is C12H15ClN2O3. The van der Waals surface area contributed by atoms with E-state index in [1.165, 1.54) is 0 Å². The molecule has 0 fully saturated rings. The number of halogens is 1. The Balaban J connectivity index is 2.73. The second-order valence-corrected chi connectivity index (χ2v) is 4.71. The zero-order valence-corrected chi connectivity index (χ0v) is 10.9. The van der Waals surface area contributed by atoms with Gasteiger partial charge < -0.3 is 15.7 Å². The quantitative estimate of drug-likeness (QED) is 0.783. The van der Waals surface area contributed by atoms with Crippen LogP contribution in [0.3, 0.4) is 0 Å². The second-order valence-electron chi connectivity index (χ2n) is 4.31. The molecule has 1 aromatic rings. The van der Waals surface area contributed by atoms with E-state index in [-0.39, 0.29) is 0 Å². The Labute approximate surface area is 110 Å². The third-order valence-corrected chi connectivity index (χ3v) is 2.70. The average molecular weight is 271 g/mol. The van der Waals surface area contributed by atoms with Crippen molar-refractivity contribution in [1.82, 2.24) is 10.6 Å². The zero-order chi connectivity index (χ0) is 13.8. The Bertz CT molecular complexity index is 460. The lowest BCUT2D eigenvalue weighted by molar-refractivity contribution is -0.135. The van der Waals surface area contributed by atoms with Crippen molar-refractivity contribution in [1.29, 1.82) is 0 Å². The van der Waals surface area contributed by atoms with Crippen LogP contribution in [0.4, 0.5) is 4.79 Å². The number of carbonyl (C=O) groups is 2. The smallest absolute Gasteiger partial charge is 0.323 e. The highest BCUT2D eigenvalue weighted by atomic mass is 35.5. The van der Waals surface area contributed by atoms with Gasteiger partial charge in [0.15, 0.2) is 0 Å². The lowest BCUT2D eigenvalue weighted by atomic mass is 9.94. The van der Waals surface area contributed by atoms with Crippen molar-refractivity contribution >= 4 is 23.6 Å². The van der Waals surface area contributed by atoms with Crippen LogP contribution in [0, 0.1) is 0 Å². The third kappa shape index (κ3) is 3.92. The molecule has 0 atom stereocenters. The fraction of sp³-hybridized carbons (Fsp3) is 0.333.